The molecule has 0 unspecified atom stereocenters. The molecule has 0 aliphatic heterocycles. The van der Waals surface area contributed by atoms with Gasteiger partial charge in [-0.05, 0) is 6.92 Å². The number of aryl methyl sites for hydroxylation is 1. The summed E-state index contributed by atoms with van der Waals surface area (Å²) in [5, 5.41) is 20.7. The number of carbonyl (C=O) groups is 1. The Balaban J connectivity index is 1.71. The van der Waals surface area contributed by atoms with Crippen LogP contribution in [0.4, 0.5) is 0 Å². The lowest BCUT2D eigenvalue weighted by molar-refractivity contribution is -0.116. The van der Waals surface area contributed by atoms with Crippen molar-refractivity contribution in [3.63, 3.8) is 0 Å². The minimum atomic E-state index is -0.826. The van der Waals surface area contributed by atoms with Gasteiger partial charge in [0, 0.05) is 23.7 Å². The van der Waals surface area contributed by atoms with E-state index >= 15 is 0 Å². The van der Waals surface area contributed by atoms with Crippen LogP contribution in [0.25, 0.3) is 11.4 Å². The number of thiazole rings is 1. The standard InChI is InChI=1S/C17H15N5OS2/c1-11-9-24-16(19-11)13(8-18)14(23)10-25-17-21-20-15(22(17)2)12-6-4-3-5-7-12/h3-7,9,13H,10H2,1-2H3/t13-/m0/s1. The van der Waals surface area contributed by atoms with Gasteiger partial charge in [0.1, 0.15) is 5.01 Å². The van der Waals surface area contributed by atoms with E-state index in [1.807, 2.05) is 54.3 Å². The lowest BCUT2D eigenvalue weighted by Crippen LogP contribution is -2.13. The first-order chi connectivity index (χ1) is 12.1. The Morgan fingerprint density at radius 2 is 2.12 bits per heavy atom. The molecule has 0 amide bonds. The number of nitriles is 1. The van der Waals surface area contributed by atoms with Crippen LogP contribution in [0.5, 0.6) is 0 Å². The Bertz CT molecular complexity index is 926. The van der Waals surface area contributed by atoms with Gasteiger partial charge in [-0.2, -0.15) is 5.26 Å². The van der Waals surface area contributed by atoms with Gasteiger partial charge < -0.3 is 4.57 Å². The Morgan fingerprint density at radius 3 is 2.76 bits per heavy atom. The van der Waals surface area contributed by atoms with Crippen molar-refractivity contribution in [2.24, 2.45) is 7.05 Å². The zero-order valence-corrected chi connectivity index (χ0v) is 15.3. The Labute approximate surface area is 153 Å². The number of carbonyl (C=O) groups excluding carboxylic acids is 1. The number of nitrogens with zero attached hydrogens (tertiary/aromatic N) is 5. The minimum absolute atomic E-state index is 0.150. The van der Waals surface area contributed by atoms with Gasteiger partial charge in [-0.1, -0.05) is 42.1 Å². The summed E-state index contributed by atoms with van der Waals surface area (Å²) in [5.41, 5.74) is 1.78. The number of hydrogen-bond acceptors (Lipinski definition) is 7. The Hall–Kier alpha value is -2.50. The van der Waals surface area contributed by atoms with E-state index in [1.54, 1.807) is 0 Å². The molecule has 1 aromatic carbocycles. The van der Waals surface area contributed by atoms with E-state index in [2.05, 4.69) is 21.3 Å². The third-order valence-electron chi connectivity index (χ3n) is 3.55. The molecule has 1 atom stereocenters. The largest absolute Gasteiger partial charge is 0.305 e. The summed E-state index contributed by atoms with van der Waals surface area (Å²) >= 11 is 2.62. The number of aromatic nitrogens is 4. The molecule has 0 spiro atoms. The summed E-state index contributed by atoms with van der Waals surface area (Å²) in [4.78, 5) is 16.7. The molecule has 0 radical (unpaired) electrons. The highest BCUT2D eigenvalue weighted by atomic mass is 32.2. The topological polar surface area (TPSA) is 84.5 Å². The molecule has 0 bridgehead atoms. The average Bonchev–Trinajstić information content (AvgIpc) is 3.20. The molecule has 0 aliphatic rings. The second-order valence-corrected chi connectivity index (χ2v) is 7.21. The van der Waals surface area contributed by atoms with Crippen molar-refractivity contribution in [1.82, 2.24) is 19.7 Å². The highest BCUT2D eigenvalue weighted by molar-refractivity contribution is 7.99. The molecule has 3 aromatic rings. The van der Waals surface area contributed by atoms with E-state index in [1.165, 1.54) is 23.1 Å². The maximum Gasteiger partial charge on any atom is 0.191 e. The van der Waals surface area contributed by atoms with Gasteiger partial charge in [-0.3, -0.25) is 4.79 Å². The summed E-state index contributed by atoms with van der Waals surface area (Å²) in [7, 11) is 1.86. The van der Waals surface area contributed by atoms with Crippen molar-refractivity contribution in [2.45, 2.75) is 18.0 Å². The maximum absolute atomic E-state index is 12.4. The Morgan fingerprint density at radius 1 is 1.36 bits per heavy atom. The fourth-order valence-corrected chi connectivity index (χ4v) is 3.95. The predicted octanol–water partition coefficient (Wildman–Crippen LogP) is 3.22. The van der Waals surface area contributed by atoms with Crippen molar-refractivity contribution >= 4 is 28.9 Å². The average molecular weight is 369 g/mol. The monoisotopic (exact) mass is 369 g/mol. The van der Waals surface area contributed by atoms with Gasteiger partial charge in [0.2, 0.25) is 0 Å². The molecule has 126 valence electrons. The van der Waals surface area contributed by atoms with E-state index in [4.69, 9.17) is 0 Å². The lowest BCUT2D eigenvalue weighted by atomic mass is 10.1. The molecule has 0 fully saturated rings. The minimum Gasteiger partial charge on any atom is -0.305 e. The summed E-state index contributed by atoms with van der Waals surface area (Å²) in [6.45, 7) is 1.85. The van der Waals surface area contributed by atoms with Crippen LogP contribution in [-0.2, 0) is 11.8 Å². The van der Waals surface area contributed by atoms with E-state index < -0.39 is 5.92 Å². The molecule has 0 N–H and O–H groups in total. The maximum atomic E-state index is 12.4. The molecule has 0 saturated carbocycles. The number of ketones is 1. The summed E-state index contributed by atoms with van der Waals surface area (Å²) < 4.78 is 1.85. The van der Waals surface area contributed by atoms with Crippen LogP contribution in [-0.4, -0.2) is 31.3 Å². The third kappa shape index (κ3) is 3.78. The number of rotatable bonds is 6. The zero-order valence-electron chi connectivity index (χ0n) is 13.7. The second kappa shape index (κ2) is 7.59. The SMILES string of the molecule is Cc1csc([C@@H](C#N)C(=O)CSc2nnc(-c3ccccc3)n2C)n1. The van der Waals surface area contributed by atoms with E-state index in [0.717, 1.165) is 17.1 Å². The van der Waals surface area contributed by atoms with E-state index in [-0.39, 0.29) is 11.5 Å². The van der Waals surface area contributed by atoms with Gasteiger partial charge in [-0.15, -0.1) is 21.5 Å². The highest BCUT2D eigenvalue weighted by Crippen LogP contribution is 2.26. The van der Waals surface area contributed by atoms with Crippen molar-refractivity contribution in [3.8, 4) is 17.5 Å². The summed E-state index contributed by atoms with van der Waals surface area (Å²) in [6, 6.07) is 11.8. The molecule has 0 aliphatic carbocycles. The van der Waals surface area contributed by atoms with E-state index in [0.29, 0.717) is 10.2 Å². The van der Waals surface area contributed by atoms with E-state index in [9.17, 15) is 10.1 Å². The second-order valence-electron chi connectivity index (χ2n) is 5.38. The van der Waals surface area contributed by atoms with Gasteiger partial charge in [-0.25, -0.2) is 4.98 Å². The summed E-state index contributed by atoms with van der Waals surface area (Å²) in [5.74, 6) is -0.112. The lowest BCUT2D eigenvalue weighted by Gasteiger charge is -2.06. The Kier molecular flexibility index (Phi) is 5.26. The fourth-order valence-electron chi connectivity index (χ4n) is 2.27. The molecule has 0 saturated heterocycles. The molecule has 3 rings (SSSR count). The number of thioether (sulfide) groups is 1. The fraction of sp³-hybridized carbons (Fsp3) is 0.235. The molecule has 6 nitrogen and oxygen atoms in total. The van der Waals surface area contributed by atoms with Crippen LogP contribution in [0.1, 0.15) is 16.6 Å². The first-order valence-corrected chi connectivity index (χ1v) is 9.38. The third-order valence-corrected chi connectivity index (χ3v) is 5.62. The summed E-state index contributed by atoms with van der Waals surface area (Å²) in [6.07, 6.45) is 0. The molecule has 8 heteroatoms. The zero-order chi connectivity index (χ0) is 17.8. The molecule has 2 aromatic heterocycles. The first-order valence-electron chi connectivity index (χ1n) is 7.52. The van der Waals surface area contributed by atoms with Crippen LogP contribution in [0.15, 0.2) is 40.9 Å². The van der Waals surface area contributed by atoms with Crippen LogP contribution in [0.2, 0.25) is 0 Å². The predicted molar refractivity (Wildman–Crippen MR) is 97.4 cm³/mol. The molecular weight excluding hydrogens is 354 g/mol. The number of Topliss-reactive ketones (excluding diaryl/α,β-unsaturated/α-hetero) is 1. The van der Waals surface area contributed by atoms with Gasteiger partial charge in [0.05, 0.1) is 11.8 Å². The van der Waals surface area contributed by atoms with Gasteiger partial charge in [0.15, 0.2) is 22.7 Å². The first kappa shape index (κ1) is 17.3. The number of benzene rings is 1. The van der Waals surface area contributed by atoms with Crippen molar-refractivity contribution in [1.29, 1.82) is 5.26 Å². The number of hydrogen-bond donors (Lipinski definition) is 0. The van der Waals surface area contributed by atoms with Crippen LogP contribution in [0.3, 0.4) is 0 Å². The molecule has 2 heterocycles. The van der Waals surface area contributed by atoms with Gasteiger partial charge >= 0.3 is 0 Å². The quantitative estimate of drug-likeness (QED) is 0.620. The van der Waals surface area contributed by atoms with Crippen LogP contribution >= 0.6 is 23.1 Å². The van der Waals surface area contributed by atoms with Gasteiger partial charge in [0.25, 0.3) is 0 Å². The van der Waals surface area contributed by atoms with Crippen molar-refractivity contribution < 1.29 is 4.79 Å². The van der Waals surface area contributed by atoms with Crippen LogP contribution < -0.4 is 0 Å². The normalized spacial score (nSPS) is 11.9. The smallest absolute Gasteiger partial charge is 0.191 e. The van der Waals surface area contributed by atoms with Crippen molar-refractivity contribution in [3.05, 3.63) is 46.4 Å². The molecule has 25 heavy (non-hydrogen) atoms. The highest BCUT2D eigenvalue weighted by Gasteiger charge is 2.24. The molecular formula is C17H15N5OS2. The van der Waals surface area contributed by atoms with Crippen molar-refractivity contribution in [2.75, 3.05) is 5.75 Å². The van der Waals surface area contributed by atoms with Crippen LogP contribution in [0, 0.1) is 18.3 Å².